The Morgan fingerprint density at radius 3 is 2.11 bits per heavy atom. The molecule has 0 aliphatic heterocycles. The molecule has 0 saturated heterocycles. The predicted octanol–water partition coefficient (Wildman–Crippen LogP) is 5.36. The van der Waals surface area contributed by atoms with Gasteiger partial charge in [0.15, 0.2) is 0 Å². The molecule has 18 heavy (non-hydrogen) atoms. The molecule has 0 amide bonds. The molecule has 1 nitrogen and oxygen atoms in total. The minimum atomic E-state index is 0.637. The van der Waals surface area contributed by atoms with Crippen LogP contribution < -0.4 is 0 Å². The lowest BCUT2D eigenvalue weighted by Crippen LogP contribution is -1.81. The van der Waals surface area contributed by atoms with Gasteiger partial charge in [-0.2, -0.15) is 0 Å². The molecule has 2 aromatic rings. The fraction of sp³-hybridized carbons (Fsp3) is 0. The zero-order chi connectivity index (χ0) is 13.0. The van der Waals surface area contributed by atoms with Gasteiger partial charge in [0.05, 0.1) is 5.69 Å². The number of rotatable bonds is 3. The van der Waals surface area contributed by atoms with E-state index in [1.165, 1.54) is 5.37 Å². The van der Waals surface area contributed by atoms with E-state index in [0.717, 1.165) is 16.8 Å². The van der Waals surface area contributed by atoms with Crippen LogP contribution in [-0.2, 0) is 0 Å². The Morgan fingerprint density at radius 1 is 0.944 bits per heavy atom. The van der Waals surface area contributed by atoms with Gasteiger partial charge in [-0.25, -0.2) is 0 Å². The fourth-order valence-electron chi connectivity index (χ4n) is 1.60. The molecular weight excluding hydrogens is 285 g/mol. The number of thiocarbonyl (C=S) groups is 1. The van der Waals surface area contributed by atoms with Crippen LogP contribution in [-0.4, -0.2) is 11.6 Å². The monoisotopic (exact) mass is 293 g/mol. The van der Waals surface area contributed by atoms with Gasteiger partial charge in [0.2, 0.25) is 0 Å². The van der Waals surface area contributed by atoms with Gasteiger partial charge in [-0.15, -0.1) is 0 Å². The summed E-state index contributed by atoms with van der Waals surface area (Å²) in [5.41, 5.74) is 2.64. The molecule has 0 saturated carbocycles. The van der Waals surface area contributed by atoms with Crippen LogP contribution in [0.4, 0.5) is 5.69 Å². The normalized spacial score (nSPS) is 10.8. The second-order valence-corrected chi connectivity index (χ2v) is 4.64. The molecule has 0 aliphatic rings. The molecule has 0 radical (unpaired) electrons. The van der Waals surface area contributed by atoms with Crippen molar-refractivity contribution < 1.29 is 0 Å². The summed E-state index contributed by atoms with van der Waals surface area (Å²) in [6.07, 6.45) is 1.58. The Balaban J connectivity index is 2.40. The maximum atomic E-state index is 6.15. The number of aliphatic imine (C=N–C) groups is 1. The Kier molecular flexibility index (Phi) is 4.48. The van der Waals surface area contributed by atoms with Crippen LogP contribution in [0.25, 0.3) is 11.1 Å². The Hall–Kier alpha value is -1.22. The summed E-state index contributed by atoms with van der Waals surface area (Å²) in [7, 11) is 0. The SMILES string of the molecule is S=CC=Nc1ccc(-c2c(Cl)cccc2Cl)cc1. The van der Waals surface area contributed by atoms with E-state index in [9.17, 15) is 0 Å². The van der Waals surface area contributed by atoms with Crippen molar-refractivity contribution in [2.75, 3.05) is 0 Å². The van der Waals surface area contributed by atoms with Gasteiger partial charge in [0, 0.05) is 27.2 Å². The molecule has 0 atom stereocenters. The average Bonchev–Trinajstić information content (AvgIpc) is 2.37. The Labute approximate surface area is 121 Å². The largest absolute Gasteiger partial charge is 0.256 e. The molecule has 0 fully saturated rings. The van der Waals surface area contributed by atoms with Crippen LogP contribution in [0.5, 0.6) is 0 Å². The summed E-state index contributed by atoms with van der Waals surface area (Å²) in [6, 6.07) is 13.1. The van der Waals surface area contributed by atoms with Crippen molar-refractivity contribution in [1.29, 1.82) is 0 Å². The highest BCUT2D eigenvalue weighted by molar-refractivity contribution is 7.80. The summed E-state index contributed by atoms with van der Waals surface area (Å²) >= 11 is 17.0. The van der Waals surface area contributed by atoms with E-state index < -0.39 is 0 Å². The average molecular weight is 294 g/mol. The van der Waals surface area contributed by atoms with Crippen molar-refractivity contribution in [2.24, 2.45) is 4.99 Å². The highest BCUT2D eigenvalue weighted by Gasteiger charge is 2.07. The maximum absolute atomic E-state index is 6.15. The standard InChI is InChI=1S/C14H9Cl2NS/c15-12-2-1-3-13(16)14(12)10-4-6-11(7-5-10)17-8-9-18/h1-9H. The van der Waals surface area contributed by atoms with E-state index in [0.29, 0.717) is 10.0 Å². The predicted molar refractivity (Wildman–Crippen MR) is 83.7 cm³/mol. The van der Waals surface area contributed by atoms with Crippen LogP contribution in [0.15, 0.2) is 47.5 Å². The van der Waals surface area contributed by atoms with Crippen LogP contribution in [0.1, 0.15) is 0 Å². The number of hydrogen-bond acceptors (Lipinski definition) is 2. The van der Waals surface area contributed by atoms with E-state index in [1.54, 1.807) is 6.21 Å². The van der Waals surface area contributed by atoms with Gasteiger partial charge in [-0.1, -0.05) is 53.6 Å². The van der Waals surface area contributed by atoms with Crippen molar-refractivity contribution in [2.45, 2.75) is 0 Å². The van der Waals surface area contributed by atoms with E-state index >= 15 is 0 Å². The quantitative estimate of drug-likeness (QED) is 0.548. The van der Waals surface area contributed by atoms with E-state index in [-0.39, 0.29) is 0 Å². The molecule has 0 N–H and O–H groups in total. The second kappa shape index (κ2) is 6.10. The summed E-state index contributed by atoms with van der Waals surface area (Å²) in [4.78, 5) is 4.15. The van der Waals surface area contributed by atoms with Gasteiger partial charge in [0.1, 0.15) is 0 Å². The Morgan fingerprint density at radius 2 is 1.56 bits per heavy atom. The van der Waals surface area contributed by atoms with Crippen LogP contribution in [0, 0.1) is 0 Å². The molecule has 2 aromatic carbocycles. The van der Waals surface area contributed by atoms with Crippen LogP contribution in [0.3, 0.4) is 0 Å². The molecule has 0 unspecified atom stereocenters. The number of hydrogen-bond donors (Lipinski definition) is 0. The fourth-order valence-corrected chi connectivity index (χ4v) is 2.28. The third-order valence-corrected chi connectivity index (χ3v) is 3.15. The zero-order valence-electron chi connectivity index (χ0n) is 9.31. The summed E-state index contributed by atoms with van der Waals surface area (Å²) < 4.78 is 0. The lowest BCUT2D eigenvalue weighted by molar-refractivity contribution is 1.53. The molecule has 0 aliphatic carbocycles. The molecule has 0 aromatic heterocycles. The summed E-state index contributed by atoms with van der Waals surface area (Å²) in [5, 5.41) is 2.74. The van der Waals surface area contributed by atoms with Gasteiger partial charge < -0.3 is 0 Å². The Bertz CT molecular complexity index is 571. The highest BCUT2D eigenvalue weighted by atomic mass is 35.5. The van der Waals surface area contributed by atoms with E-state index in [4.69, 9.17) is 23.2 Å². The molecule has 0 heterocycles. The number of benzene rings is 2. The first kappa shape index (κ1) is 13.2. The molecule has 0 bridgehead atoms. The molecular formula is C14H9Cl2NS. The van der Waals surface area contributed by atoms with Gasteiger partial charge >= 0.3 is 0 Å². The first-order valence-corrected chi connectivity index (χ1v) is 6.47. The number of nitrogens with zero attached hydrogens (tertiary/aromatic N) is 1. The van der Waals surface area contributed by atoms with Crippen molar-refractivity contribution in [3.8, 4) is 11.1 Å². The summed E-state index contributed by atoms with van der Waals surface area (Å²) in [6.45, 7) is 0. The summed E-state index contributed by atoms with van der Waals surface area (Å²) in [5.74, 6) is 0. The van der Waals surface area contributed by atoms with E-state index in [2.05, 4.69) is 17.2 Å². The zero-order valence-corrected chi connectivity index (χ0v) is 11.6. The van der Waals surface area contributed by atoms with Crippen LogP contribution >= 0.6 is 35.4 Å². The lowest BCUT2D eigenvalue weighted by atomic mass is 10.1. The first-order valence-electron chi connectivity index (χ1n) is 5.24. The second-order valence-electron chi connectivity index (χ2n) is 3.56. The number of halogens is 2. The maximum Gasteiger partial charge on any atom is 0.0630 e. The molecule has 90 valence electrons. The van der Waals surface area contributed by atoms with Gasteiger partial charge in [-0.3, -0.25) is 4.99 Å². The topological polar surface area (TPSA) is 12.4 Å². The third-order valence-electron chi connectivity index (χ3n) is 2.40. The van der Waals surface area contributed by atoms with Gasteiger partial charge in [-0.05, 0) is 29.8 Å². The molecule has 2 rings (SSSR count). The highest BCUT2D eigenvalue weighted by Crippen LogP contribution is 2.35. The van der Waals surface area contributed by atoms with E-state index in [1.807, 2.05) is 42.5 Å². The van der Waals surface area contributed by atoms with Crippen molar-refractivity contribution in [3.05, 3.63) is 52.5 Å². The van der Waals surface area contributed by atoms with Gasteiger partial charge in [0.25, 0.3) is 0 Å². The molecule has 0 spiro atoms. The van der Waals surface area contributed by atoms with Crippen molar-refractivity contribution in [3.63, 3.8) is 0 Å². The minimum absolute atomic E-state index is 0.637. The smallest absolute Gasteiger partial charge is 0.0630 e. The van der Waals surface area contributed by atoms with Crippen molar-refractivity contribution >= 4 is 52.7 Å². The third kappa shape index (κ3) is 2.96. The molecule has 4 heteroatoms. The lowest BCUT2D eigenvalue weighted by Gasteiger charge is -2.07. The van der Waals surface area contributed by atoms with Crippen molar-refractivity contribution in [1.82, 2.24) is 0 Å². The minimum Gasteiger partial charge on any atom is -0.256 e. The van der Waals surface area contributed by atoms with Crippen LogP contribution in [0.2, 0.25) is 10.0 Å². The first-order chi connectivity index (χ1) is 8.72.